The monoisotopic (exact) mass is 385 g/mol. The highest BCUT2D eigenvalue weighted by atomic mass is 32.2. The summed E-state index contributed by atoms with van der Waals surface area (Å²) in [4.78, 5) is 13.6. The molecule has 1 aliphatic rings. The number of thiophene rings is 1. The summed E-state index contributed by atoms with van der Waals surface area (Å²) >= 11 is 1.39. The first-order valence-electron chi connectivity index (χ1n) is 7.96. The highest BCUT2D eigenvalue weighted by molar-refractivity contribution is 7.89. The van der Waals surface area contributed by atoms with Gasteiger partial charge in [0.2, 0.25) is 10.0 Å². The number of rotatable bonds is 4. The lowest BCUT2D eigenvalue weighted by atomic mass is 10.1. The van der Waals surface area contributed by atoms with Gasteiger partial charge in [0.25, 0.3) is 0 Å². The van der Waals surface area contributed by atoms with Gasteiger partial charge >= 0.3 is 5.97 Å². The van der Waals surface area contributed by atoms with Crippen LogP contribution in [0, 0.1) is 0 Å². The van der Waals surface area contributed by atoms with Crippen LogP contribution in [0.2, 0.25) is 0 Å². The van der Waals surface area contributed by atoms with Crippen LogP contribution in [0.25, 0.3) is 10.4 Å². The van der Waals surface area contributed by atoms with Crippen LogP contribution in [0.3, 0.4) is 0 Å². The Labute approximate surface area is 155 Å². The first-order chi connectivity index (χ1) is 12.5. The Hall–Kier alpha value is -2.48. The van der Waals surface area contributed by atoms with Gasteiger partial charge in [0.15, 0.2) is 0 Å². The van der Waals surface area contributed by atoms with Gasteiger partial charge in [0.05, 0.1) is 11.4 Å². The number of nitrogens with zero attached hydrogens (tertiary/aromatic N) is 1. The van der Waals surface area contributed by atoms with Crippen LogP contribution in [-0.2, 0) is 21.4 Å². The standard InChI is InChI=1S/C19H15NO4S2/c21-19(22)18(14-9-5-2-6-10-14)20-12-16-17(26(20,23)24)11-15(25-16)13-7-3-1-4-8-13/h1-11,18H,12H2,(H,21,22). The third-order valence-electron chi connectivity index (χ3n) is 4.35. The van der Waals surface area contributed by atoms with Crippen LogP contribution in [0.5, 0.6) is 0 Å². The van der Waals surface area contributed by atoms with E-state index >= 15 is 0 Å². The topological polar surface area (TPSA) is 74.7 Å². The van der Waals surface area contributed by atoms with Gasteiger partial charge in [0.1, 0.15) is 6.04 Å². The minimum Gasteiger partial charge on any atom is -0.480 e. The van der Waals surface area contributed by atoms with Gasteiger partial charge in [-0.25, -0.2) is 8.42 Å². The van der Waals surface area contributed by atoms with Gasteiger partial charge in [-0.1, -0.05) is 60.7 Å². The Kier molecular flexibility index (Phi) is 4.14. The third kappa shape index (κ3) is 2.74. The Balaban J connectivity index is 1.74. The normalized spacial score (nSPS) is 16.9. The predicted molar refractivity (Wildman–Crippen MR) is 99.3 cm³/mol. The van der Waals surface area contributed by atoms with Crippen molar-refractivity contribution in [2.24, 2.45) is 0 Å². The van der Waals surface area contributed by atoms with Crippen LogP contribution in [0.4, 0.5) is 0 Å². The summed E-state index contributed by atoms with van der Waals surface area (Å²) in [5.74, 6) is -1.18. The molecule has 0 bridgehead atoms. The van der Waals surface area contributed by atoms with Crippen LogP contribution in [0.1, 0.15) is 16.5 Å². The molecule has 2 aromatic carbocycles. The average molecular weight is 385 g/mol. The van der Waals surface area contributed by atoms with E-state index in [2.05, 4.69) is 0 Å². The summed E-state index contributed by atoms with van der Waals surface area (Å²) in [5.41, 5.74) is 1.40. The number of carboxylic acids is 1. The van der Waals surface area contributed by atoms with E-state index in [9.17, 15) is 18.3 Å². The number of benzene rings is 2. The van der Waals surface area contributed by atoms with Crippen molar-refractivity contribution in [3.05, 3.63) is 77.2 Å². The van der Waals surface area contributed by atoms with Crippen molar-refractivity contribution in [3.8, 4) is 10.4 Å². The van der Waals surface area contributed by atoms with E-state index in [1.54, 1.807) is 36.4 Å². The van der Waals surface area contributed by atoms with E-state index in [-0.39, 0.29) is 11.4 Å². The largest absolute Gasteiger partial charge is 0.480 e. The van der Waals surface area contributed by atoms with Crippen molar-refractivity contribution in [2.45, 2.75) is 17.5 Å². The second-order valence-electron chi connectivity index (χ2n) is 5.97. The Bertz CT molecular complexity index is 1060. The molecule has 1 unspecified atom stereocenters. The lowest BCUT2D eigenvalue weighted by Gasteiger charge is -2.23. The SMILES string of the molecule is O=C(O)C(c1ccccc1)N1Cc2sc(-c3ccccc3)cc2S1(=O)=O. The maximum absolute atomic E-state index is 13.0. The Morgan fingerprint density at radius 1 is 1.04 bits per heavy atom. The molecular formula is C19H15NO4S2. The molecule has 5 nitrogen and oxygen atoms in total. The zero-order chi connectivity index (χ0) is 18.3. The lowest BCUT2D eigenvalue weighted by molar-refractivity contribution is -0.141. The summed E-state index contributed by atoms with van der Waals surface area (Å²) < 4.78 is 27.1. The number of hydrogen-bond donors (Lipinski definition) is 1. The summed E-state index contributed by atoms with van der Waals surface area (Å²) in [5, 5.41) is 9.67. The molecule has 0 radical (unpaired) electrons. The molecule has 2 heterocycles. The molecule has 0 aliphatic carbocycles. The Morgan fingerprint density at radius 3 is 2.23 bits per heavy atom. The van der Waals surface area contributed by atoms with Crippen molar-refractivity contribution in [2.75, 3.05) is 0 Å². The molecule has 0 fully saturated rings. The van der Waals surface area contributed by atoms with Crippen LogP contribution >= 0.6 is 11.3 Å². The fourth-order valence-corrected chi connectivity index (χ4v) is 6.45. The van der Waals surface area contributed by atoms with Crippen molar-refractivity contribution < 1.29 is 18.3 Å². The molecule has 1 aromatic heterocycles. The highest BCUT2D eigenvalue weighted by Gasteiger charge is 2.44. The average Bonchev–Trinajstić information content (AvgIpc) is 3.16. The van der Waals surface area contributed by atoms with Gasteiger partial charge in [-0.05, 0) is 17.2 Å². The zero-order valence-electron chi connectivity index (χ0n) is 13.6. The summed E-state index contributed by atoms with van der Waals surface area (Å²) in [7, 11) is -3.86. The Morgan fingerprint density at radius 2 is 1.65 bits per heavy atom. The molecule has 3 aromatic rings. The fraction of sp³-hybridized carbons (Fsp3) is 0.105. The first kappa shape index (κ1) is 17.0. The molecule has 0 saturated heterocycles. The molecule has 1 N–H and O–H groups in total. The van der Waals surface area contributed by atoms with Gasteiger partial charge in [-0.15, -0.1) is 11.3 Å². The molecule has 0 saturated carbocycles. The number of fused-ring (bicyclic) bond motifs is 1. The number of aliphatic carboxylic acids is 1. The van der Waals surface area contributed by atoms with E-state index in [0.29, 0.717) is 10.4 Å². The molecule has 132 valence electrons. The van der Waals surface area contributed by atoms with Crippen LogP contribution in [-0.4, -0.2) is 23.8 Å². The van der Waals surface area contributed by atoms with E-state index in [0.717, 1.165) is 14.7 Å². The predicted octanol–water partition coefficient (Wildman–Crippen LogP) is 3.75. The number of carboxylic acid groups (broad SMARTS) is 1. The van der Waals surface area contributed by atoms with E-state index in [1.165, 1.54) is 11.3 Å². The molecule has 7 heteroatoms. The maximum Gasteiger partial charge on any atom is 0.326 e. The molecule has 1 atom stereocenters. The van der Waals surface area contributed by atoms with E-state index < -0.39 is 22.0 Å². The maximum atomic E-state index is 13.0. The van der Waals surface area contributed by atoms with Crippen LogP contribution in [0.15, 0.2) is 71.6 Å². The summed E-state index contributed by atoms with van der Waals surface area (Å²) in [6.07, 6.45) is 0. The molecule has 0 spiro atoms. The second-order valence-corrected chi connectivity index (χ2v) is 8.96. The minimum absolute atomic E-state index is 0.0705. The zero-order valence-corrected chi connectivity index (χ0v) is 15.2. The van der Waals surface area contributed by atoms with Crippen LogP contribution < -0.4 is 0 Å². The number of carbonyl (C=O) groups is 1. The minimum atomic E-state index is -3.86. The molecule has 4 rings (SSSR count). The highest BCUT2D eigenvalue weighted by Crippen LogP contribution is 2.44. The van der Waals surface area contributed by atoms with E-state index in [1.807, 2.05) is 30.3 Å². The first-order valence-corrected chi connectivity index (χ1v) is 10.2. The summed E-state index contributed by atoms with van der Waals surface area (Å²) in [6.45, 7) is 0.0705. The van der Waals surface area contributed by atoms with Crippen molar-refractivity contribution in [3.63, 3.8) is 0 Å². The van der Waals surface area contributed by atoms with Gasteiger partial charge in [-0.3, -0.25) is 4.79 Å². The molecule has 0 amide bonds. The molecular weight excluding hydrogens is 370 g/mol. The fourth-order valence-electron chi connectivity index (χ4n) is 3.14. The summed E-state index contributed by atoms with van der Waals surface area (Å²) in [6, 6.07) is 18.4. The second kappa shape index (κ2) is 6.35. The quantitative estimate of drug-likeness (QED) is 0.742. The van der Waals surface area contributed by atoms with E-state index in [4.69, 9.17) is 0 Å². The molecule has 26 heavy (non-hydrogen) atoms. The number of hydrogen-bond acceptors (Lipinski definition) is 4. The number of sulfonamides is 1. The molecule has 1 aliphatic heterocycles. The van der Waals surface area contributed by atoms with Gasteiger partial charge < -0.3 is 5.11 Å². The lowest BCUT2D eigenvalue weighted by Crippen LogP contribution is -2.34. The van der Waals surface area contributed by atoms with Crippen molar-refractivity contribution in [1.82, 2.24) is 4.31 Å². The van der Waals surface area contributed by atoms with Crippen molar-refractivity contribution >= 4 is 27.3 Å². The van der Waals surface area contributed by atoms with Crippen molar-refractivity contribution in [1.29, 1.82) is 0 Å². The smallest absolute Gasteiger partial charge is 0.326 e. The third-order valence-corrected chi connectivity index (χ3v) is 7.53. The van der Waals surface area contributed by atoms with Gasteiger partial charge in [-0.2, -0.15) is 4.31 Å². The van der Waals surface area contributed by atoms with Gasteiger partial charge in [0, 0.05) is 9.75 Å².